The summed E-state index contributed by atoms with van der Waals surface area (Å²) in [5, 5.41) is 16.0. The van der Waals surface area contributed by atoms with Crippen LogP contribution in [0.4, 0.5) is 0 Å². The number of hydrogen-bond donors (Lipinski definition) is 2. The van der Waals surface area contributed by atoms with Crippen LogP contribution in [0.25, 0.3) is 0 Å². The zero-order valence-corrected chi connectivity index (χ0v) is 10.5. The third-order valence-corrected chi connectivity index (χ3v) is 1.34. The smallest absolute Gasteiger partial charge is 0.328 e. The molecule has 0 amide bonds. The lowest BCUT2D eigenvalue weighted by Gasteiger charge is -1.97. The molecule has 0 heterocycles. The molecular weight excluding hydrogens is 240 g/mol. The first-order chi connectivity index (χ1) is 8.43. The van der Waals surface area contributed by atoms with Crippen LogP contribution >= 0.6 is 0 Å². The van der Waals surface area contributed by atoms with E-state index in [9.17, 15) is 14.4 Å². The molecular formula is C12H18O6. The third kappa shape index (κ3) is 19.5. The minimum atomic E-state index is -1.10. The summed E-state index contributed by atoms with van der Waals surface area (Å²) in [6.45, 7) is 4.33. The number of allylic oxidation sites excluding steroid dienone is 2. The Morgan fingerprint density at radius 3 is 1.72 bits per heavy atom. The highest BCUT2D eigenvalue weighted by Crippen LogP contribution is 1.85. The van der Waals surface area contributed by atoms with Crippen LogP contribution in [0.15, 0.2) is 24.3 Å². The van der Waals surface area contributed by atoms with Crippen molar-refractivity contribution >= 4 is 17.9 Å². The highest BCUT2D eigenvalue weighted by atomic mass is 16.5. The predicted octanol–water partition coefficient (Wildman–Crippen LogP) is 1.62. The molecule has 6 nitrogen and oxygen atoms in total. The Hall–Kier alpha value is -2.11. The lowest BCUT2D eigenvalue weighted by molar-refractivity contribution is -0.143. The minimum absolute atomic E-state index is 0.105. The summed E-state index contributed by atoms with van der Waals surface area (Å²) >= 11 is 0. The van der Waals surface area contributed by atoms with Crippen LogP contribution in [-0.2, 0) is 19.1 Å². The van der Waals surface area contributed by atoms with E-state index in [1.165, 1.54) is 0 Å². The first-order valence-corrected chi connectivity index (χ1v) is 5.40. The van der Waals surface area contributed by atoms with Gasteiger partial charge >= 0.3 is 17.9 Å². The maximum absolute atomic E-state index is 10.3. The van der Waals surface area contributed by atoms with Crippen LogP contribution in [0.2, 0.25) is 0 Å². The van der Waals surface area contributed by atoms with Gasteiger partial charge in [-0.25, -0.2) is 9.59 Å². The van der Waals surface area contributed by atoms with Gasteiger partial charge in [0.05, 0.1) is 6.61 Å². The summed E-state index contributed by atoms with van der Waals surface area (Å²) in [5.74, 6) is -2.31. The van der Waals surface area contributed by atoms with E-state index in [2.05, 4.69) is 0 Å². The van der Waals surface area contributed by atoms with Gasteiger partial charge in [-0.3, -0.25) is 4.79 Å². The average Bonchev–Trinajstić information content (AvgIpc) is 2.32. The number of carboxylic acid groups (broad SMARTS) is 2. The van der Waals surface area contributed by atoms with Crippen LogP contribution in [-0.4, -0.2) is 34.7 Å². The van der Waals surface area contributed by atoms with Gasteiger partial charge in [0.15, 0.2) is 0 Å². The Bertz CT molecular complexity index is 295. The molecule has 0 spiro atoms. The average molecular weight is 258 g/mol. The van der Waals surface area contributed by atoms with Gasteiger partial charge in [-0.05, 0) is 6.42 Å². The van der Waals surface area contributed by atoms with E-state index in [0.717, 1.165) is 30.7 Å². The number of esters is 1. The second-order valence-corrected chi connectivity index (χ2v) is 2.97. The maximum Gasteiger partial charge on any atom is 0.328 e. The molecule has 0 atom stereocenters. The first kappa shape index (κ1) is 18.3. The fourth-order valence-electron chi connectivity index (χ4n) is 0.594. The number of carbonyl (C=O) groups is 3. The quantitative estimate of drug-likeness (QED) is 0.426. The van der Waals surface area contributed by atoms with Crippen molar-refractivity contribution in [3.8, 4) is 0 Å². The summed E-state index contributed by atoms with van der Waals surface area (Å²) in [6.07, 6.45) is 5.36. The SMILES string of the molecule is CCCOC(=O)CC.O=C(O)/C=C/C=C/C(=O)O. The second-order valence-electron chi connectivity index (χ2n) is 2.97. The molecule has 0 fully saturated rings. The number of carboxylic acids is 2. The van der Waals surface area contributed by atoms with Crippen LogP contribution in [0, 0.1) is 0 Å². The Labute approximate surface area is 106 Å². The number of aliphatic carboxylic acids is 2. The molecule has 0 aliphatic heterocycles. The molecule has 0 aliphatic carbocycles. The first-order valence-electron chi connectivity index (χ1n) is 5.40. The second kappa shape index (κ2) is 13.0. The van der Waals surface area contributed by atoms with Crippen molar-refractivity contribution < 1.29 is 29.3 Å². The molecule has 0 saturated carbocycles. The third-order valence-electron chi connectivity index (χ3n) is 1.34. The van der Waals surface area contributed by atoms with Gasteiger partial charge < -0.3 is 14.9 Å². The molecule has 0 aliphatic rings. The van der Waals surface area contributed by atoms with Crippen molar-refractivity contribution in [2.75, 3.05) is 6.61 Å². The van der Waals surface area contributed by atoms with Crippen LogP contribution < -0.4 is 0 Å². The van der Waals surface area contributed by atoms with Crippen LogP contribution in [0.3, 0.4) is 0 Å². The van der Waals surface area contributed by atoms with Gasteiger partial charge in [-0.2, -0.15) is 0 Å². The summed E-state index contributed by atoms with van der Waals surface area (Å²) in [4.78, 5) is 29.9. The normalized spacial score (nSPS) is 9.89. The molecule has 0 unspecified atom stereocenters. The van der Waals surface area contributed by atoms with Crippen molar-refractivity contribution in [1.82, 2.24) is 0 Å². The standard InChI is InChI=1S/C6H6O4.C6H12O2/c7-5(8)3-1-2-4-6(9)10;1-3-5-8-6(7)4-2/h1-4H,(H,7,8)(H,9,10);3-5H2,1-2H3/b3-1+,4-2+;. The van der Waals surface area contributed by atoms with Crippen LogP contribution in [0.5, 0.6) is 0 Å². The molecule has 102 valence electrons. The van der Waals surface area contributed by atoms with E-state index in [1.807, 2.05) is 6.92 Å². The highest BCUT2D eigenvalue weighted by molar-refractivity contribution is 5.82. The number of rotatable bonds is 6. The van der Waals surface area contributed by atoms with Gasteiger partial charge in [0.1, 0.15) is 0 Å². The van der Waals surface area contributed by atoms with Crippen molar-refractivity contribution in [2.45, 2.75) is 26.7 Å². The molecule has 6 heteroatoms. The Balaban J connectivity index is 0. The Morgan fingerprint density at radius 2 is 1.44 bits per heavy atom. The fraction of sp³-hybridized carbons (Fsp3) is 0.417. The van der Waals surface area contributed by atoms with E-state index in [1.54, 1.807) is 6.92 Å². The van der Waals surface area contributed by atoms with Crippen molar-refractivity contribution in [2.24, 2.45) is 0 Å². The Kier molecular flexibility index (Phi) is 13.1. The van der Waals surface area contributed by atoms with Crippen molar-refractivity contribution in [1.29, 1.82) is 0 Å². The van der Waals surface area contributed by atoms with Gasteiger partial charge in [0, 0.05) is 18.6 Å². The van der Waals surface area contributed by atoms with E-state index >= 15 is 0 Å². The zero-order valence-electron chi connectivity index (χ0n) is 10.5. The summed E-state index contributed by atoms with van der Waals surface area (Å²) in [5.41, 5.74) is 0. The topological polar surface area (TPSA) is 101 Å². The van der Waals surface area contributed by atoms with Gasteiger partial charge in [0.2, 0.25) is 0 Å². The highest BCUT2D eigenvalue weighted by Gasteiger charge is 1.93. The molecule has 0 aromatic rings. The van der Waals surface area contributed by atoms with Gasteiger partial charge in [-0.1, -0.05) is 26.0 Å². The molecule has 2 N–H and O–H groups in total. The lowest BCUT2D eigenvalue weighted by atomic mass is 10.4. The predicted molar refractivity (Wildman–Crippen MR) is 65.1 cm³/mol. The van der Waals surface area contributed by atoms with Crippen molar-refractivity contribution in [3.05, 3.63) is 24.3 Å². The van der Waals surface area contributed by atoms with Crippen molar-refractivity contribution in [3.63, 3.8) is 0 Å². The molecule has 0 saturated heterocycles. The molecule has 0 rings (SSSR count). The van der Waals surface area contributed by atoms with E-state index in [0.29, 0.717) is 13.0 Å². The van der Waals surface area contributed by atoms with E-state index in [4.69, 9.17) is 14.9 Å². The van der Waals surface area contributed by atoms with Gasteiger partial charge in [-0.15, -0.1) is 0 Å². The Morgan fingerprint density at radius 1 is 1.00 bits per heavy atom. The van der Waals surface area contributed by atoms with E-state index < -0.39 is 11.9 Å². The minimum Gasteiger partial charge on any atom is -0.478 e. The molecule has 0 bridgehead atoms. The molecule has 0 aromatic heterocycles. The summed E-state index contributed by atoms with van der Waals surface area (Å²) in [6, 6.07) is 0. The van der Waals surface area contributed by atoms with Gasteiger partial charge in [0.25, 0.3) is 0 Å². The number of ether oxygens (including phenoxy) is 1. The van der Waals surface area contributed by atoms with E-state index in [-0.39, 0.29) is 5.97 Å². The van der Waals surface area contributed by atoms with Crippen LogP contribution in [0.1, 0.15) is 26.7 Å². The maximum atomic E-state index is 10.3. The fourth-order valence-corrected chi connectivity index (χ4v) is 0.594. The summed E-state index contributed by atoms with van der Waals surface area (Å²) in [7, 11) is 0. The molecule has 18 heavy (non-hydrogen) atoms. The number of carbonyl (C=O) groups excluding carboxylic acids is 1. The zero-order chi connectivity index (χ0) is 14.4. The summed E-state index contributed by atoms with van der Waals surface area (Å²) < 4.78 is 4.70. The molecule has 0 aromatic carbocycles. The lowest BCUT2D eigenvalue weighted by Crippen LogP contribution is -2.02. The number of hydrogen-bond acceptors (Lipinski definition) is 4. The largest absolute Gasteiger partial charge is 0.478 e. The molecule has 0 radical (unpaired) electrons. The monoisotopic (exact) mass is 258 g/mol.